The highest BCUT2D eigenvalue weighted by Crippen LogP contribution is 2.43. The van der Waals surface area contributed by atoms with E-state index in [1.807, 2.05) is 24.3 Å². The monoisotopic (exact) mass is 617 g/mol. The average Bonchev–Trinajstić information content (AvgIpc) is 3.08. The zero-order chi connectivity index (χ0) is 31.9. The summed E-state index contributed by atoms with van der Waals surface area (Å²) in [6, 6.07) is 12.6. The number of piperidine rings is 2. The first kappa shape index (κ1) is 30.3. The molecule has 2 saturated heterocycles. The molecule has 2 fully saturated rings. The van der Waals surface area contributed by atoms with Crippen LogP contribution in [0.5, 0.6) is 5.75 Å². The summed E-state index contributed by atoms with van der Waals surface area (Å²) in [4.78, 5) is 33.8. The molecule has 2 aliphatic heterocycles. The molecule has 13 nitrogen and oxygen atoms in total. The number of phenols is 1. The Labute approximate surface area is 266 Å². The van der Waals surface area contributed by atoms with Crippen LogP contribution in [0, 0.1) is 17.3 Å². The number of nitrogens with two attached hydrogens (primary N) is 2. The van der Waals surface area contributed by atoms with Crippen LogP contribution in [-0.2, 0) is 4.79 Å². The smallest absolute Gasteiger partial charge is 0.268 e. The Bertz CT molecular complexity index is 1780. The molecule has 1 aromatic carbocycles. The number of carbonyl (C=O) groups is 1. The Hall–Kier alpha value is -5.77. The molecule has 0 unspecified atom stereocenters. The van der Waals surface area contributed by atoms with Gasteiger partial charge in [0.05, 0.1) is 17.9 Å². The number of hydrogen-bond acceptors (Lipinski definition) is 12. The van der Waals surface area contributed by atoms with Crippen molar-refractivity contribution in [2.45, 2.75) is 25.7 Å². The van der Waals surface area contributed by atoms with Crippen molar-refractivity contribution in [3.63, 3.8) is 0 Å². The average molecular weight is 618 g/mol. The maximum absolute atomic E-state index is 12.2. The number of phenolic OH excluding ortho intramolecular Hbond substituents is 1. The van der Waals surface area contributed by atoms with Crippen LogP contribution in [0.4, 0.5) is 17.3 Å². The van der Waals surface area contributed by atoms with Gasteiger partial charge >= 0.3 is 0 Å². The number of anilines is 3. The molecule has 0 aliphatic carbocycles. The normalized spacial score (nSPS) is 16.0. The van der Waals surface area contributed by atoms with Crippen molar-refractivity contribution in [2.75, 3.05) is 48.3 Å². The second kappa shape index (κ2) is 13.5. The van der Waals surface area contributed by atoms with Gasteiger partial charge in [-0.1, -0.05) is 18.1 Å². The molecule has 2 aliphatic rings. The third kappa shape index (κ3) is 6.96. The number of benzene rings is 1. The summed E-state index contributed by atoms with van der Waals surface area (Å²) < 4.78 is 0. The van der Waals surface area contributed by atoms with Crippen molar-refractivity contribution >= 4 is 29.3 Å². The van der Waals surface area contributed by atoms with Gasteiger partial charge < -0.3 is 31.7 Å². The van der Waals surface area contributed by atoms with E-state index in [0.717, 1.165) is 63.4 Å². The first-order valence-corrected chi connectivity index (χ1v) is 15.1. The number of nitrogens with zero attached hydrogens (tertiary/aromatic N) is 8. The van der Waals surface area contributed by atoms with Gasteiger partial charge in [0, 0.05) is 56.4 Å². The van der Waals surface area contributed by atoms with Gasteiger partial charge in [-0.15, -0.1) is 10.2 Å². The van der Waals surface area contributed by atoms with Crippen molar-refractivity contribution in [2.24, 2.45) is 11.1 Å². The van der Waals surface area contributed by atoms with Crippen LogP contribution in [0.2, 0.25) is 0 Å². The van der Waals surface area contributed by atoms with Gasteiger partial charge in [0.2, 0.25) is 5.82 Å². The highest BCUT2D eigenvalue weighted by atomic mass is 16.3. The molecule has 13 heteroatoms. The maximum atomic E-state index is 12.2. The van der Waals surface area contributed by atoms with Crippen LogP contribution in [0.1, 0.15) is 37.3 Å². The fraction of sp³-hybridized carbons (Fsp3) is 0.303. The molecule has 6 rings (SSSR count). The van der Waals surface area contributed by atoms with Gasteiger partial charge in [-0.3, -0.25) is 4.79 Å². The van der Waals surface area contributed by atoms with E-state index in [1.165, 1.54) is 6.08 Å². The summed E-state index contributed by atoms with van der Waals surface area (Å²) in [5.41, 5.74) is 14.4. The second-order valence-corrected chi connectivity index (χ2v) is 11.4. The molecule has 5 heterocycles. The van der Waals surface area contributed by atoms with Crippen LogP contribution in [0.25, 0.3) is 17.3 Å². The molecule has 1 spiro atoms. The Morgan fingerprint density at radius 3 is 2.41 bits per heavy atom. The molecule has 234 valence electrons. The predicted octanol–water partition coefficient (Wildman–Crippen LogP) is 2.37. The number of carbonyl (C=O) groups excluding carboxylic acids is 1. The minimum Gasteiger partial charge on any atom is -0.507 e. The minimum atomic E-state index is -0.456. The number of amides is 1. The van der Waals surface area contributed by atoms with E-state index in [9.17, 15) is 9.90 Å². The molecule has 0 saturated carbocycles. The lowest BCUT2D eigenvalue weighted by Gasteiger charge is -2.47. The number of hydrogen-bond donors (Lipinski definition) is 4. The lowest BCUT2D eigenvalue weighted by atomic mass is 9.71. The number of aromatic hydroxyl groups is 1. The zero-order valence-corrected chi connectivity index (χ0v) is 25.3. The van der Waals surface area contributed by atoms with Crippen molar-refractivity contribution in [3.8, 4) is 28.8 Å². The summed E-state index contributed by atoms with van der Waals surface area (Å²) in [6.45, 7) is 3.64. The van der Waals surface area contributed by atoms with E-state index >= 15 is 0 Å². The summed E-state index contributed by atoms with van der Waals surface area (Å²) >= 11 is 0. The van der Waals surface area contributed by atoms with Crippen LogP contribution < -0.4 is 26.6 Å². The summed E-state index contributed by atoms with van der Waals surface area (Å²) in [7, 11) is 0. The van der Waals surface area contributed by atoms with Crippen LogP contribution in [-0.4, -0.2) is 73.9 Å². The Morgan fingerprint density at radius 1 is 0.957 bits per heavy atom. The quantitative estimate of drug-likeness (QED) is 0.183. The number of nitrogens with one attached hydrogen (secondary N) is 1. The van der Waals surface area contributed by atoms with Crippen LogP contribution in [0.3, 0.4) is 0 Å². The predicted molar refractivity (Wildman–Crippen MR) is 175 cm³/mol. The van der Waals surface area contributed by atoms with Crippen LogP contribution >= 0.6 is 0 Å². The third-order valence-electron chi connectivity index (χ3n) is 8.61. The highest BCUT2D eigenvalue weighted by molar-refractivity contribution is 5.96. The lowest BCUT2D eigenvalue weighted by Crippen LogP contribution is -2.47. The molecule has 1 amide bonds. The van der Waals surface area contributed by atoms with Crippen molar-refractivity contribution in [1.82, 2.24) is 35.5 Å². The minimum absolute atomic E-state index is 0.00311. The molecule has 6 N–H and O–H groups in total. The van der Waals surface area contributed by atoms with E-state index in [4.69, 9.17) is 11.5 Å². The number of para-hydroxylation sites is 1. The van der Waals surface area contributed by atoms with E-state index in [1.54, 1.807) is 36.8 Å². The van der Waals surface area contributed by atoms with E-state index in [2.05, 4.69) is 57.1 Å². The fourth-order valence-corrected chi connectivity index (χ4v) is 5.92. The first-order chi connectivity index (χ1) is 22.4. The molecule has 3 aromatic heterocycles. The number of nitrogen functional groups attached to an aromatic ring is 1. The van der Waals surface area contributed by atoms with Gasteiger partial charge in [-0.25, -0.2) is 19.9 Å². The standard InChI is InChI=1S/C33H35N11O2/c34-24(21-29-36-14-4-15-37-29)32(46)39-13-3-7-28-38-16-8-30(40-28)44-19-11-33(12-20-44)9-17-43(18-10-33)26-22-25(41-42-31(26)35)23-5-1-2-6-27(23)45/h1-2,4-6,8,14-16,21-22,45H,9-13,17-20,34H2,(H2,35,42)(H,39,46)/b24-21-. The Morgan fingerprint density at radius 2 is 1.67 bits per heavy atom. The van der Waals surface area contributed by atoms with Gasteiger partial charge in [0.1, 0.15) is 17.3 Å². The topological polar surface area (TPSA) is 185 Å². The number of rotatable bonds is 6. The summed E-state index contributed by atoms with van der Waals surface area (Å²) in [6.07, 6.45) is 10.5. The summed E-state index contributed by atoms with van der Waals surface area (Å²) in [5.74, 6) is 7.52. The molecule has 0 atom stereocenters. The Kier molecular flexibility index (Phi) is 8.87. The van der Waals surface area contributed by atoms with Crippen molar-refractivity contribution < 1.29 is 9.90 Å². The molecular weight excluding hydrogens is 582 g/mol. The largest absolute Gasteiger partial charge is 0.507 e. The maximum Gasteiger partial charge on any atom is 0.268 e. The molecular formula is C33H35N11O2. The SMILES string of the molecule is N/C(=C\c1ncccn1)C(=O)NCC#Cc1nccc(N2CCC3(CC2)CCN(c2cc(-c4ccccc4O)nnc2N)CC3)n1. The Balaban J connectivity index is 1.01. The van der Waals surface area contributed by atoms with E-state index in [0.29, 0.717) is 28.7 Å². The fourth-order valence-electron chi connectivity index (χ4n) is 5.92. The summed E-state index contributed by atoms with van der Waals surface area (Å²) in [5, 5.41) is 21.4. The molecule has 4 aromatic rings. The zero-order valence-electron chi connectivity index (χ0n) is 25.3. The van der Waals surface area contributed by atoms with E-state index in [-0.39, 0.29) is 23.4 Å². The number of aromatic nitrogens is 6. The highest BCUT2D eigenvalue weighted by Gasteiger charge is 2.38. The molecule has 46 heavy (non-hydrogen) atoms. The van der Waals surface area contributed by atoms with Gasteiger partial charge in [-0.05, 0) is 67.4 Å². The molecule has 0 radical (unpaired) electrons. The van der Waals surface area contributed by atoms with Crippen molar-refractivity contribution in [1.29, 1.82) is 0 Å². The van der Waals surface area contributed by atoms with E-state index < -0.39 is 5.91 Å². The molecule has 0 bridgehead atoms. The van der Waals surface area contributed by atoms with Gasteiger partial charge in [0.15, 0.2) is 11.6 Å². The van der Waals surface area contributed by atoms with Gasteiger partial charge in [0.25, 0.3) is 5.91 Å². The van der Waals surface area contributed by atoms with Crippen molar-refractivity contribution in [3.05, 3.63) is 78.4 Å². The van der Waals surface area contributed by atoms with Gasteiger partial charge in [-0.2, -0.15) is 0 Å². The first-order valence-electron chi connectivity index (χ1n) is 15.1. The lowest BCUT2D eigenvalue weighted by molar-refractivity contribution is -0.117. The van der Waals surface area contributed by atoms with Crippen LogP contribution in [0.15, 0.2) is 66.8 Å². The third-order valence-corrected chi connectivity index (χ3v) is 8.61. The second-order valence-electron chi connectivity index (χ2n) is 11.4.